The van der Waals surface area contributed by atoms with E-state index in [0.717, 1.165) is 4.42 Å². The minimum Gasteiger partial charge on any atom is -0.497 e. The van der Waals surface area contributed by atoms with Gasteiger partial charge in [0.05, 0.1) is 38.1 Å². The number of carbonyl (C=O) groups is 2. The molecule has 178 valence electrons. The van der Waals surface area contributed by atoms with E-state index >= 15 is 0 Å². The summed E-state index contributed by atoms with van der Waals surface area (Å²) in [6.45, 7) is 5.69. The topological polar surface area (TPSA) is 99.0 Å². The van der Waals surface area contributed by atoms with E-state index < -0.39 is 17.7 Å². The largest absolute Gasteiger partial charge is 0.497 e. The molecule has 0 aromatic heterocycles. The molecule has 2 rings (SSSR count). The van der Waals surface area contributed by atoms with Crippen molar-refractivity contribution in [1.82, 2.24) is 0 Å². The summed E-state index contributed by atoms with van der Waals surface area (Å²) in [5.41, 5.74) is 0.412. The van der Waals surface area contributed by atoms with Crippen molar-refractivity contribution < 1.29 is 28.5 Å². The van der Waals surface area contributed by atoms with Gasteiger partial charge in [-0.25, -0.2) is 4.42 Å². The highest BCUT2D eigenvalue weighted by Crippen LogP contribution is 2.39. The van der Waals surface area contributed by atoms with Crippen LogP contribution in [-0.4, -0.2) is 45.2 Å². The Labute approximate surface area is 202 Å². The number of benzene rings is 2. The van der Waals surface area contributed by atoms with Gasteiger partial charge >= 0.3 is 0 Å². The number of ketones is 1. The molecule has 0 bridgehead atoms. The Morgan fingerprint density at radius 1 is 1.00 bits per heavy atom. The predicted molar refractivity (Wildman–Crippen MR) is 126 cm³/mol. The number of ether oxygens (including phenoxy) is 4. The van der Waals surface area contributed by atoms with Gasteiger partial charge in [-0.3, -0.25) is 9.59 Å². The van der Waals surface area contributed by atoms with Crippen LogP contribution in [0.15, 0.2) is 40.6 Å². The van der Waals surface area contributed by atoms with Crippen molar-refractivity contribution in [2.45, 2.75) is 26.8 Å². The number of hydrogen-bond acceptors (Lipinski definition) is 8. The normalized spacial score (nSPS) is 11.7. The number of carbonyl (C=O) groups excluding carboxylic acids is 2. The van der Waals surface area contributed by atoms with Crippen LogP contribution in [0.4, 0.5) is 11.4 Å². The van der Waals surface area contributed by atoms with Gasteiger partial charge in [0, 0.05) is 30.0 Å². The number of methoxy groups -OCH3 is 2. The van der Waals surface area contributed by atoms with Crippen LogP contribution in [-0.2, 0) is 9.59 Å². The maximum absolute atomic E-state index is 13.0. The third-order valence-corrected chi connectivity index (χ3v) is 4.95. The Morgan fingerprint density at radius 2 is 1.67 bits per heavy atom. The fourth-order valence-electron chi connectivity index (χ4n) is 2.74. The van der Waals surface area contributed by atoms with Crippen LogP contribution in [0.25, 0.3) is 0 Å². The molecule has 9 nitrogen and oxygen atoms in total. The lowest BCUT2D eigenvalue weighted by molar-refractivity contribution is -0.126. The predicted octanol–water partition coefficient (Wildman–Crippen LogP) is 5.38. The molecule has 0 spiro atoms. The molecular weight excluding hydrogens is 473 g/mol. The number of amides is 1. The average molecular weight is 498 g/mol. The molecule has 0 fully saturated rings. The zero-order chi connectivity index (χ0) is 24.5. The molecule has 0 N–H and O–H groups in total. The second-order valence-corrected chi connectivity index (χ2v) is 7.25. The molecule has 0 saturated carbocycles. The van der Waals surface area contributed by atoms with E-state index in [-0.39, 0.29) is 22.1 Å². The van der Waals surface area contributed by atoms with E-state index in [0.29, 0.717) is 30.5 Å². The SMILES string of the molecule is CCOc1ccc(N(Cl)C(=O)C(N=Nc2c(Cl)cc(OC)cc2OC)C(C)=O)cc1OCC. The van der Waals surface area contributed by atoms with E-state index in [2.05, 4.69) is 10.2 Å². The van der Waals surface area contributed by atoms with Crippen LogP contribution in [0.1, 0.15) is 20.8 Å². The van der Waals surface area contributed by atoms with E-state index in [9.17, 15) is 9.59 Å². The van der Waals surface area contributed by atoms with Crippen molar-refractivity contribution >= 4 is 46.4 Å². The molecule has 0 radical (unpaired) electrons. The first-order valence-electron chi connectivity index (χ1n) is 9.99. The summed E-state index contributed by atoms with van der Waals surface area (Å²) in [5.74, 6) is 0.254. The second kappa shape index (κ2) is 12.3. The molecule has 1 amide bonds. The number of halogens is 2. The quantitative estimate of drug-likeness (QED) is 0.234. The molecule has 0 aliphatic carbocycles. The molecule has 0 aliphatic heterocycles. The smallest absolute Gasteiger partial charge is 0.276 e. The van der Waals surface area contributed by atoms with Crippen molar-refractivity contribution in [1.29, 1.82) is 0 Å². The third kappa shape index (κ3) is 6.49. The molecule has 0 aliphatic rings. The first-order valence-corrected chi connectivity index (χ1v) is 10.7. The number of hydrogen-bond donors (Lipinski definition) is 0. The van der Waals surface area contributed by atoms with Gasteiger partial charge < -0.3 is 18.9 Å². The first kappa shape index (κ1) is 26.2. The van der Waals surface area contributed by atoms with Gasteiger partial charge in [-0.15, -0.1) is 5.11 Å². The van der Waals surface area contributed by atoms with Crippen LogP contribution in [0.3, 0.4) is 0 Å². The van der Waals surface area contributed by atoms with Gasteiger partial charge in [-0.1, -0.05) is 11.6 Å². The van der Waals surface area contributed by atoms with Crippen LogP contribution < -0.4 is 23.4 Å². The van der Waals surface area contributed by atoms with Crippen molar-refractivity contribution in [2.75, 3.05) is 31.9 Å². The highest BCUT2D eigenvalue weighted by molar-refractivity contribution is 6.39. The molecular formula is C22H25Cl2N3O6. The van der Waals surface area contributed by atoms with E-state index in [1.165, 1.54) is 33.3 Å². The van der Waals surface area contributed by atoms with Crippen molar-refractivity contribution in [3.8, 4) is 23.0 Å². The molecule has 1 atom stereocenters. The second-order valence-electron chi connectivity index (χ2n) is 6.50. The van der Waals surface area contributed by atoms with Gasteiger partial charge in [-0.2, -0.15) is 5.11 Å². The maximum atomic E-state index is 13.0. The van der Waals surface area contributed by atoms with Gasteiger partial charge in [0.25, 0.3) is 5.91 Å². The Bertz CT molecular complexity index is 1030. The lowest BCUT2D eigenvalue weighted by atomic mass is 10.2. The highest BCUT2D eigenvalue weighted by atomic mass is 35.5. The monoisotopic (exact) mass is 497 g/mol. The summed E-state index contributed by atoms with van der Waals surface area (Å²) in [4.78, 5) is 25.2. The minimum atomic E-state index is -1.51. The average Bonchev–Trinajstić information content (AvgIpc) is 2.80. The molecule has 0 heterocycles. The van der Waals surface area contributed by atoms with Crippen LogP contribution in [0.5, 0.6) is 23.0 Å². The molecule has 11 heteroatoms. The van der Waals surface area contributed by atoms with E-state index in [4.69, 9.17) is 42.3 Å². The first-order chi connectivity index (χ1) is 15.8. The molecule has 1 unspecified atom stereocenters. The van der Waals surface area contributed by atoms with Crippen molar-refractivity contribution in [3.05, 3.63) is 35.4 Å². The van der Waals surface area contributed by atoms with Crippen molar-refractivity contribution in [2.24, 2.45) is 10.2 Å². The number of nitrogens with zero attached hydrogens (tertiary/aromatic N) is 3. The fraction of sp³-hybridized carbons (Fsp3) is 0.364. The zero-order valence-corrected chi connectivity index (χ0v) is 20.4. The lowest BCUT2D eigenvalue weighted by Gasteiger charge is -2.19. The Hall–Kier alpha value is -3.04. The van der Waals surface area contributed by atoms with Gasteiger partial charge in [0.15, 0.2) is 23.0 Å². The molecule has 33 heavy (non-hydrogen) atoms. The third-order valence-electron chi connectivity index (χ3n) is 4.30. The maximum Gasteiger partial charge on any atom is 0.276 e. The molecule has 2 aromatic rings. The Balaban J connectivity index is 2.36. The number of azo groups is 1. The zero-order valence-electron chi connectivity index (χ0n) is 18.9. The number of anilines is 1. The van der Waals surface area contributed by atoms with Gasteiger partial charge in [0.2, 0.25) is 6.04 Å². The summed E-state index contributed by atoms with van der Waals surface area (Å²) in [5, 5.41) is 8.07. The summed E-state index contributed by atoms with van der Waals surface area (Å²) in [7, 11) is 2.89. The fourth-order valence-corrected chi connectivity index (χ4v) is 3.17. The molecule has 2 aromatic carbocycles. The van der Waals surface area contributed by atoms with Crippen LogP contribution in [0, 0.1) is 0 Å². The van der Waals surface area contributed by atoms with Crippen LogP contribution in [0.2, 0.25) is 5.02 Å². The van der Waals surface area contributed by atoms with E-state index in [1.54, 1.807) is 18.2 Å². The van der Waals surface area contributed by atoms with E-state index in [1.807, 2.05) is 13.8 Å². The summed E-state index contributed by atoms with van der Waals surface area (Å²) in [6.07, 6.45) is 0. The summed E-state index contributed by atoms with van der Waals surface area (Å²) in [6, 6.07) is 6.28. The summed E-state index contributed by atoms with van der Waals surface area (Å²) >= 11 is 12.5. The van der Waals surface area contributed by atoms with Gasteiger partial charge in [-0.05, 0) is 32.9 Å². The van der Waals surface area contributed by atoms with Gasteiger partial charge in [0.1, 0.15) is 11.4 Å². The molecule has 0 saturated heterocycles. The highest BCUT2D eigenvalue weighted by Gasteiger charge is 2.29. The Kier molecular flexibility index (Phi) is 9.74. The van der Waals surface area contributed by atoms with Crippen molar-refractivity contribution in [3.63, 3.8) is 0 Å². The lowest BCUT2D eigenvalue weighted by Crippen LogP contribution is -2.36. The Morgan fingerprint density at radius 3 is 2.24 bits per heavy atom. The van der Waals surface area contributed by atoms with Crippen LogP contribution >= 0.6 is 23.4 Å². The number of rotatable bonds is 11. The minimum absolute atomic E-state index is 0.139. The number of Topliss-reactive ketones (excluding diaryl/α,β-unsaturated/α-hetero) is 1. The summed E-state index contributed by atoms with van der Waals surface area (Å²) < 4.78 is 22.3. The standard InChI is InChI=1S/C22H25Cl2N3O6/c1-6-32-17-9-8-14(10-18(17)33-7-2)27(24)22(29)20(13(3)28)25-26-21-16(23)11-15(30-4)12-19(21)31-5/h8-12,20H,6-7H2,1-5H3.